The first-order valence-corrected chi connectivity index (χ1v) is 6.53. The molecule has 0 radical (unpaired) electrons. The van der Waals surface area contributed by atoms with Gasteiger partial charge in [-0.15, -0.1) is 0 Å². The number of nitrogens with two attached hydrogens (primary N) is 1. The van der Waals surface area contributed by atoms with E-state index in [1.165, 1.54) is 6.08 Å². The number of rotatable bonds is 3. The predicted molar refractivity (Wildman–Crippen MR) is 84.7 cm³/mol. The van der Waals surface area contributed by atoms with Crippen LogP contribution in [0.15, 0.2) is 48.5 Å². The van der Waals surface area contributed by atoms with Crippen molar-refractivity contribution in [1.29, 1.82) is 0 Å². The molecule has 0 spiro atoms. The van der Waals surface area contributed by atoms with Crippen molar-refractivity contribution in [2.24, 2.45) is 0 Å². The molecular weight excluding hydrogens is 272 g/mol. The average molecular weight is 287 g/mol. The van der Waals surface area contributed by atoms with Crippen molar-refractivity contribution < 1.29 is 4.79 Å². The zero-order chi connectivity index (χ0) is 14.5. The summed E-state index contributed by atoms with van der Waals surface area (Å²) in [6.45, 7) is 1.91. The SMILES string of the molecule is Cc1ccc(NC(=O)/C=C/c2cccc(N)c2)cc1Cl. The quantitative estimate of drug-likeness (QED) is 0.664. The molecule has 0 unspecified atom stereocenters. The van der Waals surface area contributed by atoms with Crippen molar-refractivity contribution in [2.75, 3.05) is 11.1 Å². The number of carbonyl (C=O) groups excluding carboxylic acids is 1. The number of amides is 1. The molecule has 2 aromatic rings. The number of hydrogen-bond donors (Lipinski definition) is 2. The van der Waals surface area contributed by atoms with Crippen LogP contribution in [-0.4, -0.2) is 5.91 Å². The Morgan fingerprint density at radius 3 is 2.75 bits per heavy atom. The van der Waals surface area contributed by atoms with Crippen molar-refractivity contribution >= 4 is 35.0 Å². The molecule has 0 atom stereocenters. The van der Waals surface area contributed by atoms with E-state index in [0.717, 1.165) is 11.1 Å². The highest BCUT2D eigenvalue weighted by Crippen LogP contribution is 2.20. The molecule has 3 N–H and O–H groups in total. The number of anilines is 2. The number of hydrogen-bond acceptors (Lipinski definition) is 2. The minimum atomic E-state index is -0.215. The highest BCUT2D eigenvalue weighted by molar-refractivity contribution is 6.31. The molecule has 3 nitrogen and oxygen atoms in total. The van der Waals surface area contributed by atoms with Crippen LogP contribution >= 0.6 is 11.6 Å². The first-order valence-electron chi connectivity index (χ1n) is 6.15. The summed E-state index contributed by atoms with van der Waals surface area (Å²) in [5.41, 5.74) is 8.85. The molecule has 4 heteroatoms. The molecule has 0 aliphatic heterocycles. The fourth-order valence-electron chi connectivity index (χ4n) is 1.69. The molecule has 0 aliphatic rings. The molecule has 0 saturated carbocycles. The van der Waals surface area contributed by atoms with E-state index in [1.54, 1.807) is 24.3 Å². The van der Waals surface area contributed by atoms with E-state index in [1.807, 2.05) is 31.2 Å². The van der Waals surface area contributed by atoms with Crippen LogP contribution in [0, 0.1) is 6.92 Å². The molecule has 20 heavy (non-hydrogen) atoms. The second kappa shape index (κ2) is 6.26. The van der Waals surface area contributed by atoms with Crippen molar-refractivity contribution in [3.63, 3.8) is 0 Å². The van der Waals surface area contributed by atoms with Crippen molar-refractivity contribution in [1.82, 2.24) is 0 Å². The average Bonchev–Trinajstić information content (AvgIpc) is 2.41. The number of carbonyl (C=O) groups is 1. The molecule has 0 saturated heterocycles. The Balaban J connectivity index is 2.03. The van der Waals surface area contributed by atoms with Crippen LogP contribution in [0.5, 0.6) is 0 Å². The maximum absolute atomic E-state index is 11.8. The number of halogens is 1. The number of nitrogen functional groups attached to an aromatic ring is 1. The van der Waals surface area contributed by atoms with E-state index in [4.69, 9.17) is 17.3 Å². The first-order chi connectivity index (χ1) is 9.54. The lowest BCUT2D eigenvalue weighted by molar-refractivity contribution is -0.111. The van der Waals surface area contributed by atoms with Gasteiger partial charge in [0.15, 0.2) is 0 Å². The molecule has 0 bridgehead atoms. The zero-order valence-electron chi connectivity index (χ0n) is 11.1. The van der Waals surface area contributed by atoms with Gasteiger partial charge in [0.05, 0.1) is 0 Å². The monoisotopic (exact) mass is 286 g/mol. The summed E-state index contributed by atoms with van der Waals surface area (Å²) in [4.78, 5) is 11.8. The Labute approximate surface area is 123 Å². The number of nitrogens with one attached hydrogen (secondary N) is 1. The van der Waals surface area contributed by atoms with Crippen molar-refractivity contribution in [3.05, 3.63) is 64.7 Å². The Bertz CT molecular complexity index is 665. The second-order valence-electron chi connectivity index (χ2n) is 4.46. The van der Waals surface area contributed by atoms with Crippen molar-refractivity contribution in [2.45, 2.75) is 6.92 Å². The summed E-state index contributed by atoms with van der Waals surface area (Å²) in [6.07, 6.45) is 3.17. The summed E-state index contributed by atoms with van der Waals surface area (Å²) in [5.74, 6) is -0.215. The molecule has 0 aliphatic carbocycles. The third kappa shape index (κ3) is 3.87. The number of aryl methyl sites for hydroxylation is 1. The normalized spacial score (nSPS) is 10.7. The number of benzene rings is 2. The largest absolute Gasteiger partial charge is 0.399 e. The van der Waals surface area contributed by atoms with E-state index < -0.39 is 0 Å². The topological polar surface area (TPSA) is 55.1 Å². The van der Waals surface area contributed by atoms with Crippen LogP contribution in [0.3, 0.4) is 0 Å². The Morgan fingerprint density at radius 1 is 1.25 bits per heavy atom. The van der Waals surface area contributed by atoms with E-state index >= 15 is 0 Å². The van der Waals surface area contributed by atoms with Crippen LogP contribution in [0.4, 0.5) is 11.4 Å². The zero-order valence-corrected chi connectivity index (χ0v) is 11.8. The van der Waals surface area contributed by atoms with E-state index in [9.17, 15) is 4.79 Å². The van der Waals surface area contributed by atoms with E-state index in [-0.39, 0.29) is 5.91 Å². The third-order valence-electron chi connectivity index (χ3n) is 2.78. The van der Waals surface area contributed by atoms with Gasteiger partial charge in [-0.3, -0.25) is 4.79 Å². The maximum Gasteiger partial charge on any atom is 0.248 e. The van der Waals surface area contributed by atoms with E-state index in [0.29, 0.717) is 16.4 Å². The fourth-order valence-corrected chi connectivity index (χ4v) is 1.87. The standard InChI is InChI=1S/C16H15ClN2O/c1-11-5-7-14(10-15(11)17)19-16(20)8-6-12-3-2-4-13(18)9-12/h2-10H,18H2,1H3,(H,19,20)/b8-6+. The summed E-state index contributed by atoms with van der Waals surface area (Å²) in [5, 5.41) is 3.38. The molecule has 0 fully saturated rings. The predicted octanol–water partition coefficient (Wildman–Crippen LogP) is 3.88. The third-order valence-corrected chi connectivity index (χ3v) is 3.18. The Hall–Kier alpha value is -2.26. The second-order valence-corrected chi connectivity index (χ2v) is 4.86. The highest BCUT2D eigenvalue weighted by atomic mass is 35.5. The maximum atomic E-state index is 11.8. The van der Waals surface area contributed by atoms with Gasteiger partial charge in [0.2, 0.25) is 5.91 Å². The van der Waals surface area contributed by atoms with Gasteiger partial charge in [-0.2, -0.15) is 0 Å². The lowest BCUT2D eigenvalue weighted by Crippen LogP contribution is -2.07. The Morgan fingerprint density at radius 2 is 2.05 bits per heavy atom. The molecule has 0 heterocycles. The first kappa shape index (κ1) is 14.2. The molecule has 2 rings (SSSR count). The van der Waals surface area contributed by atoms with Gasteiger partial charge in [0, 0.05) is 22.5 Å². The fraction of sp³-hybridized carbons (Fsp3) is 0.0625. The van der Waals surface area contributed by atoms with Crippen LogP contribution in [0.2, 0.25) is 5.02 Å². The summed E-state index contributed by atoms with van der Waals surface area (Å²) in [7, 11) is 0. The smallest absolute Gasteiger partial charge is 0.248 e. The summed E-state index contributed by atoms with van der Waals surface area (Å²) < 4.78 is 0. The summed E-state index contributed by atoms with van der Waals surface area (Å²) in [6, 6.07) is 12.7. The van der Waals surface area contributed by atoms with Crippen LogP contribution in [0.25, 0.3) is 6.08 Å². The molecule has 102 valence electrons. The van der Waals surface area contributed by atoms with Gasteiger partial charge in [-0.05, 0) is 48.4 Å². The van der Waals surface area contributed by atoms with E-state index in [2.05, 4.69) is 5.32 Å². The summed E-state index contributed by atoms with van der Waals surface area (Å²) >= 11 is 6.00. The van der Waals surface area contributed by atoms with Gasteiger partial charge in [0.25, 0.3) is 0 Å². The van der Waals surface area contributed by atoms with Gasteiger partial charge < -0.3 is 11.1 Å². The molecular formula is C16H15ClN2O. The molecule has 1 amide bonds. The van der Waals surface area contributed by atoms with Gasteiger partial charge >= 0.3 is 0 Å². The minimum absolute atomic E-state index is 0.215. The Kier molecular flexibility index (Phi) is 4.43. The van der Waals surface area contributed by atoms with Gasteiger partial charge in [-0.1, -0.05) is 29.8 Å². The lowest BCUT2D eigenvalue weighted by Gasteiger charge is -2.04. The lowest BCUT2D eigenvalue weighted by atomic mass is 10.2. The van der Waals surface area contributed by atoms with Crippen molar-refractivity contribution in [3.8, 4) is 0 Å². The molecule has 0 aromatic heterocycles. The molecule has 2 aromatic carbocycles. The minimum Gasteiger partial charge on any atom is -0.399 e. The van der Waals surface area contributed by atoms with Crippen LogP contribution < -0.4 is 11.1 Å². The van der Waals surface area contributed by atoms with Gasteiger partial charge in [0.1, 0.15) is 0 Å². The van der Waals surface area contributed by atoms with Crippen LogP contribution in [0.1, 0.15) is 11.1 Å². The van der Waals surface area contributed by atoms with Crippen LogP contribution in [-0.2, 0) is 4.79 Å². The van der Waals surface area contributed by atoms with Gasteiger partial charge in [-0.25, -0.2) is 0 Å². The highest BCUT2D eigenvalue weighted by Gasteiger charge is 2.00.